The first kappa shape index (κ1) is 19.7. The Kier molecular flexibility index (Phi) is 8.19. The molecule has 0 radical (unpaired) electrons. The van der Waals surface area contributed by atoms with Crippen molar-refractivity contribution in [3.63, 3.8) is 0 Å². The van der Waals surface area contributed by atoms with Crippen LogP contribution < -0.4 is 0 Å². The molecule has 1 unspecified atom stereocenters. The minimum absolute atomic E-state index is 0.195. The number of hydrogen-bond donors (Lipinski definition) is 2. The van der Waals surface area contributed by atoms with E-state index in [-0.39, 0.29) is 17.4 Å². The molecule has 138 valence electrons. The van der Waals surface area contributed by atoms with Crippen LogP contribution in [0, 0.1) is 17.8 Å². The van der Waals surface area contributed by atoms with Crippen molar-refractivity contribution in [2.45, 2.75) is 90.4 Å². The highest BCUT2D eigenvalue weighted by molar-refractivity contribution is 5.53. The zero-order chi connectivity index (χ0) is 18.1. The van der Waals surface area contributed by atoms with Gasteiger partial charge in [-0.2, -0.15) is 0 Å². The van der Waals surface area contributed by atoms with Gasteiger partial charge in [-0.05, 0) is 36.8 Å². The Balaban J connectivity index is 2.21. The summed E-state index contributed by atoms with van der Waals surface area (Å²) in [4.78, 5) is 0. The smallest absolute Gasteiger partial charge is 0.124 e. The van der Waals surface area contributed by atoms with Crippen LogP contribution in [0.2, 0.25) is 0 Å². The molecule has 2 aliphatic rings. The molecule has 2 bridgehead atoms. The highest BCUT2D eigenvalue weighted by atomic mass is 16.3. The van der Waals surface area contributed by atoms with Crippen molar-refractivity contribution in [3.8, 4) is 23.3 Å². The number of fused-ring (bicyclic) bond motifs is 14. The van der Waals surface area contributed by atoms with Crippen LogP contribution in [0.4, 0.5) is 0 Å². The Labute approximate surface area is 153 Å². The lowest BCUT2D eigenvalue weighted by Gasteiger charge is -2.23. The third-order valence-electron chi connectivity index (χ3n) is 5.36. The lowest BCUT2D eigenvalue weighted by molar-refractivity contribution is 0.384. The summed E-state index contributed by atoms with van der Waals surface area (Å²) in [5, 5.41) is 21.0. The molecule has 1 aromatic carbocycles. The second-order valence-corrected chi connectivity index (χ2v) is 7.80. The Bertz CT molecular complexity index is 569. The molecule has 0 aromatic heterocycles. The fourth-order valence-electron chi connectivity index (χ4n) is 3.87. The predicted octanol–water partition coefficient (Wildman–Crippen LogP) is 6.49. The second kappa shape index (κ2) is 10.4. The zero-order valence-electron chi connectivity index (χ0n) is 16.0. The summed E-state index contributed by atoms with van der Waals surface area (Å²) in [6, 6.07) is 3.45. The first-order valence-electron chi connectivity index (χ1n) is 10.1. The Hall–Kier alpha value is -1.62. The van der Waals surface area contributed by atoms with E-state index in [1.165, 1.54) is 44.9 Å². The van der Waals surface area contributed by atoms with E-state index in [1.807, 2.05) is 0 Å². The van der Waals surface area contributed by atoms with Crippen molar-refractivity contribution < 1.29 is 10.2 Å². The van der Waals surface area contributed by atoms with Gasteiger partial charge in [0.25, 0.3) is 0 Å². The van der Waals surface area contributed by atoms with Crippen molar-refractivity contribution in [1.29, 1.82) is 0 Å². The Morgan fingerprint density at radius 2 is 1.36 bits per heavy atom. The lowest BCUT2D eigenvalue weighted by Crippen LogP contribution is -2.08. The van der Waals surface area contributed by atoms with Gasteiger partial charge in [0, 0.05) is 17.5 Å². The van der Waals surface area contributed by atoms with E-state index in [0.29, 0.717) is 17.0 Å². The standard InChI is InChI=1S/C23H34O2/c1-18(2)20-15-13-11-9-7-5-3-4-6-8-10-12-14-19-16-21(24)23(20)22(25)17-19/h16-18,20,24-25H,3-11,13,15H2,1-2H3. The number of phenols is 2. The molecule has 0 fully saturated rings. The minimum Gasteiger partial charge on any atom is -0.507 e. The first-order valence-corrected chi connectivity index (χ1v) is 10.1. The molecule has 0 spiro atoms. The summed E-state index contributed by atoms with van der Waals surface area (Å²) < 4.78 is 0. The van der Waals surface area contributed by atoms with Crippen LogP contribution in [0.25, 0.3) is 0 Å². The van der Waals surface area contributed by atoms with E-state index in [0.717, 1.165) is 25.7 Å². The van der Waals surface area contributed by atoms with Gasteiger partial charge in [0.2, 0.25) is 0 Å². The van der Waals surface area contributed by atoms with Gasteiger partial charge in [0.05, 0.1) is 0 Å². The predicted molar refractivity (Wildman–Crippen MR) is 105 cm³/mol. The monoisotopic (exact) mass is 342 g/mol. The summed E-state index contributed by atoms with van der Waals surface area (Å²) in [5.74, 6) is 7.26. The van der Waals surface area contributed by atoms with E-state index >= 15 is 0 Å². The molecule has 25 heavy (non-hydrogen) atoms. The van der Waals surface area contributed by atoms with Gasteiger partial charge in [-0.25, -0.2) is 0 Å². The molecular formula is C23H34O2. The molecular weight excluding hydrogens is 308 g/mol. The number of aromatic hydroxyl groups is 2. The average molecular weight is 343 g/mol. The summed E-state index contributed by atoms with van der Waals surface area (Å²) in [6.07, 6.45) is 13.3. The van der Waals surface area contributed by atoms with Gasteiger partial charge in [-0.3, -0.25) is 0 Å². The molecule has 3 rings (SSSR count). The fourth-order valence-corrected chi connectivity index (χ4v) is 3.87. The van der Waals surface area contributed by atoms with E-state index in [4.69, 9.17) is 0 Å². The Morgan fingerprint density at radius 1 is 0.840 bits per heavy atom. The molecule has 1 aromatic rings. The van der Waals surface area contributed by atoms with Crippen molar-refractivity contribution in [3.05, 3.63) is 23.3 Å². The zero-order valence-corrected chi connectivity index (χ0v) is 16.0. The molecule has 2 aliphatic carbocycles. The van der Waals surface area contributed by atoms with E-state index < -0.39 is 0 Å². The van der Waals surface area contributed by atoms with Crippen LogP contribution in [0.5, 0.6) is 11.5 Å². The second-order valence-electron chi connectivity index (χ2n) is 7.80. The number of hydrogen-bond acceptors (Lipinski definition) is 2. The maximum Gasteiger partial charge on any atom is 0.124 e. The van der Waals surface area contributed by atoms with Gasteiger partial charge in [-0.1, -0.05) is 77.1 Å². The maximum atomic E-state index is 10.5. The van der Waals surface area contributed by atoms with Crippen molar-refractivity contribution in [2.75, 3.05) is 0 Å². The lowest BCUT2D eigenvalue weighted by atomic mass is 9.82. The summed E-state index contributed by atoms with van der Waals surface area (Å²) in [5.41, 5.74) is 1.42. The highest BCUT2D eigenvalue weighted by Gasteiger charge is 2.23. The van der Waals surface area contributed by atoms with Gasteiger partial charge in [0.1, 0.15) is 11.5 Å². The fraction of sp³-hybridized carbons (Fsp3) is 0.652. The van der Waals surface area contributed by atoms with Gasteiger partial charge in [0.15, 0.2) is 0 Å². The van der Waals surface area contributed by atoms with Crippen LogP contribution >= 0.6 is 0 Å². The van der Waals surface area contributed by atoms with Crippen LogP contribution in [-0.2, 0) is 0 Å². The molecule has 2 nitrogen and oxygen atoms in total. The average Bonchev–Trinajstić information content (AvgIpc) is 2.55. The largest absolute Gasteiger partial charge is 0.507 e. The highest BCUT2D eigenvalue weighted by Crippen LogP contribution is 2.41. The van der Waals surface area contributed by atoms with Crippen molar-refractivity contribution in [2.24, 2.45) is 5.92 Å². The number of phenolic OH excluding ortho intramolecular Hbond substituents is 2. The third-order valence-corrected chi connectivity index (χ3v) is 5.36. The van der Waals surface area contributed by atoms with E-state index in [9.17, 15) is 10.2 Å². The van der Waals surface area contributed by atoms with E-state index in [2.05, 4.69) is 25.7 Å². The van der Waals surface area contributed by atoms with E-state index in [1.54, 1.807) is 12.1 Å². The molecule has 2 heteroatoms. The quantitative estimate of drug-likeness (QED) is 0.572. The molecule has 0 saturated heterocycles. The van der Waals surface area contributed by atoms with Crippen LogP contribution in [0.1, 0.15) is 102 Å². The van der Waals surface area contributed by atoms with Gasteiger partial charge in [-0.15, -0.1) is 0 Å². The maximum absolute atomic E-state index is 10.5. The summed E-state index contributed by atoms with van der Waals surface area (Å²) in [7, 11) is 0. The normalized spacial score (nSPS) is 20.5. The summed E-state index contributed by atoms with van der Waals surface area (Å²) >= 11 is 0. The molecule has 0 saturated carbocycles. The van der Waals surface area contributed by atoms with Crippen molar-refractivity contribution >= 4 is 0 Å². The SMILES string of the molecule is CC(C)C1CCCCCCCCCCCC#Cc2cc(O)c1c(O)c2. The van der Waals surface area contributed by atoms with Gasteiger partial charge >= 0.3 is 0 Å². The minimum atomic E-state index is 0.195. The van der Waals surface area contributed by atoms with Crippen LogP contribution in [-0.4, -0.2) is 10.2 Å². The van der Waals surface area contributed by atoms with Crippen molar-refractivity contribution in [1.82, 2.24) is 0 Å². The topological polar surface area (TPSA) is 40.5 Å². The van der Waals surface area contributed by atoms with Gasteiger partial charge < -0.3 is 10.2 Å². The summed E-state index contributed by atoms with van der Waals surface area (Å²) in [6.45, 7) is 4.34. The third kappa shape index (κ3) is 6.31. The first-order chi connectivity index (χ1) is 12.1. The molecule has 0 heterocycles. The number of benzene rings is 1. The molecule has 0 amide bonds. The van der Waals surface area contributed by atoms with Crippen LogP contribution in [0.3, 0.4) is 0 Å². The number of rotatable bonds is 1. The van der Waals surface area contributed by atoms with Crippen LogP contribution in [0.15, 0.2) is 12.1 Å². The molecule has 1 atom stereocenters. The Morgan fingerprint density at radius 3 is 1.92 bits per heavy atom. The molecule has 0 aliphatic heterocycles. The molecule has 2 N–H and O–H groups in total.